The maximum Gasteiger partial charge on any atom is 0.260 e. The van der Waals surface area contributed by atoms with E-state index >= 15 is 0 Å². The zero-order valence-corrected chi connectivity index (χ0v) is 17.1. The van der Waals surface area contributed by atoms with Crippen LogP contribution in [-0.4, -0.2) is 33.0 Å². The molecule has 0 saturated carbocycles. The Labute approximate surface area is 178 Å². The molecule has 3 rings (SSSR count). The first-order valence-corrected chi connectivity index (χ1v) is 9.45. The Morgan fingerprint density at radius 1 is 1.24 bits per heavy atom. The number of hydrogen-bond donors (Lipinski definition) is 1. The van der Waals surface area contributed by atoms with Crippen LogP contribution in [0, 0.1) is 11.3 Å². The molecular weight excluding hydrogens is 466 g/mol. The van der Waals surface area contributed by atoms with Gasteiger partial charge in [0.15, 0.2) is 5.75 Å². The van der Waals surface area contributed by atoms with E-state index in [1.54, 1.807) is 35.5 Å². The molecule has 0 amide bonds. The average Bonchev–Trinajstić information content (AvgIpc) is 3.27. The van der Waals surface area contributed by atoms with Crippen molar-refractivity contribution in [3.63, 3.8) is 0 Å². The molecule has 13 heteroatoms. The van der Waals surface area contributed by atoms with Crippen LogP contribution in [0.3, 0.4) is 0 Å². The summed E-state index contributed by atoms with van der Waals surface area (Å²) < 4.78 is 17.6. The molecule has 29 heavy (non-hydrogen) atoms. The SMILES string of the molecule is N#Cc1ccc(N(CCOc2cc(Br)c(OSOON)cn2)n2cnnc2)cc1. The summed E-state index contributed by atoms with van der Waals surface area (Å²) in [7, 11) is 0. The van der Waals surface area contributed by atoms with Gasteiger partial charge in [-0.25, -0.2) is 9.66 Å². The van der Waals surface area contributed by atoms with Crippen LogP contribution in [0.15, 0.2) is 53.7 Å². The molecule has 0 aliphatic carbocycles. The molecule has 0 fully saturated rings. The molecule has 2 N–H and O–H groups in total. The molecule has 2 aromatic heterocycles. The average molecular weight is 480 g/mol. The van der Waals surface area contributed by atoms with E-state index in [0.29, 0.717) is 47.1 Å². The Morgan fingerprint density at radius 3 is 2.66 bits per heavy atom. The van der Waals surface area contributed by atoms with E-state index in [9.17, 15) is 0 Å². The van der Waals surface area contributed by atoms with Crippen LogP contribution in [0.5, 0.6) is 11.6 Å². The smallest absolute Gasteiger partial charge is 0.260 e. The predicted octanol–water partition coefficient (Wildman–Crippen LogP) is 2.42. The second-order valence-electron chi connectivity index (χ2n) is 5.24. The summed E-state index contributed by atoms with van der Waals surface area (Å²) in [4.78, 5) is 8.10. The molecule has 2 heterocycles. The van der Waals surface area contributed by atoms with Crippen molar-refractivity contribution in [2.75, 3.05) is 18.2 Å². The van der Waals surface area contributed by atoms with E-state index < -0.39 is 0 Å². The maximum atomic E-state index is 8.97. The van der Waals surface area contributed by atoms with Crippen molar-refractivity contribution in [1.82, 2.24) is 19.9 Å². The monoisotopic (exact) mass is 479 g/mol. The minimum absolute atomic E-state index is 0.316. The molecule has 0 bridgehead atoms. The van der Waals surface area contributed by atoms with Gasteiger partial charge in [-0.2, -0.15) is 11.2 Å². The fraction of sp³-hybridized carbons (Fsp3) is 0.125. The van der Waals surface area contributed by atoms with E-state index in [2.05, 4.69) is 46.5 Å². The number of rotatable bonds is 10. The Balaban J connectivity index is 1.63. The summed E-state index contributed by atoms with van der Waals surface area (Å²) in [6, 6.07) is 10.9. The number of aromatic nitrogens is 4. The van der Waals surface area contributed by atoms with Crippen molar-refractivity contribution in [2.24, 2.45) is 5.90 Å². The molecule has 3 aromatic rings. The van der Waals surface area contributed by atoms with E-state index in [1.165, 1.54) is 6.20 Å². The van der Waals surface area contributed by atoms with Gasteiger partial charge in [0.2, 0.25) is 5.88 Å². The molecular formula is C16H14BrN7O4S. The number of nitrogens with two attached hydrogens (primary N) is 1. The highest BCUT2D eigenvalue weighted by molar-refractivity contribution is 9.10. The van der Waals surface area contributed by atoms with Gasteiger partial charge in [-0.1, -0.05) is 0 Å². The molecule has 0 radical (unpaired) electrons. The highest BCUT2D eigenvalue weighted by Crippen LogP contribution is 2.29. The van der Waals surface area contributed by atoms with E-state index in [4.69, 9.17) is 20.1 Å². The minimum Gasteiger partial charge on any atom is -0.476 e. The third-order valence-corrected chi connectivity index (χ3v) is 4.52. The first kappa shape index (κ1) is 20.8. The number of ether oxygens (including phenoxy) is 1. The van der Waals surface area contributed by atoms with Crippen molar-refractivity contribution in [3.05, 3.63) is 59.2 Å². The van der Waals surface area contributed by atoms with Crippen molar-refractivity contribution in [3.8, 4) is 17.7 Å². The van der Waals surface area contributed by atoms with Gasteiger partial charge in [-0.15, -0.1) is 19.5 Å². The number of nitriles is 1. The third kappa shape index (κ3) is 5.79. The second kappa shape index (κ2) is 10.6. The Kier molecular flexibility index (Phi) is 7.61. The van der Waals surface area contributed by atoms with Gasteiger partial charge in [-0.3, -0.25) is 5.01 Å². The first-order valence-electron chi connectivity index (χ1n) is 7.99. The molecule has 150 valence electrons. The van der Waals surface area contributed by atoms with Crippen LogP contribution in [0.2, 0.25) is 0 Å². The van der Waals surface area contributed by atoms with Crippen LogP contribution in [0.1, 0.15) is 5.56 Å². The summed E-state index contributed by atoms with van der Waals surface area (Å²) in [5.74, 6) is 5.53. The Hall–Kier alpha value is -2.89. The minimum atomic E-state index is 0.316. The highest BCUT2D eigenvalue weighted by Gasteiger charge is 2.11. The summed E-state index contributed by atoms with van der Waals surface area (Å²) in [5.41, 5.74) is 1.43. The molecule has 0 aliphatic rings. The normalized spacial score (nSPS) is 10.4. The number of benzene rings is 1. The van der Waals surface area contributed by atoms with Crippen LogP contribution >= 0.6 is 28.3 Å². The van der Waals surface area contributed by atoms with Gasteiger partial charge in [0.05, 0.1) is 34.5 Å². The number of nitrogens with zero attached hydrogens (tertiary/aromatic N) is 6. The molecule has 0 spiro atoms. The lowest BCUT2D eigenvalue weighted by atomic mass is 10.2. The molecule has 0 aliphatic heterocycles. The largest absolute Gasteiger partial charge is 0.476 e. The van der Waals surface area contributed by atoms with Crippen molar-refractivity contribution in [1.29, 1.82) is 5.26 Å². The predicted molar refractivity (Wildman–Crippen MR) is 106 cm³/mol. The number of anilines is 1. The zero-order valence-electron chi connectivity index (χ0n) is 14.7. The fourth-order valence-corrected chi connectivity index (χ4v) is 3.00. The molecule has 0 saturated heterocycles. The number of pyridine rings is 1. The lowest BCUT2D eigenvalue weighted by Gasteiger charge is -2.24. The van der Waals surface area contributed by atoms with Crippen LogP contribution in [0.4, 0.5) is 5.69 Å². The summed E-state index contributed by atoms with van der Waals surface area (Å²) in [5, 5.41) is 18.5. The fourth-order valence-electron chi connectivity index (χ4n) is 2.25. The van der Waals surface area contributed by atoms with Crippen LogP contribution in [-0.2, 0) is 9.32 Å². The van der Waals surface area contributed by atoms with Crippen LogP contribution in [0.25, 0.3) is 0 Å². The lowest BCUT2D eigenvalue weighted by molar-refractivity contribution is -0.199. The molecule has 1 aromatic carbocycles. The van der Waals surface area contributed by atoms with E-state index in [1.807, 2.05) is 17.1 Å². The van der Waals surface area contributed by atoms with Crippen molar-refractivity contribution in [2.45, 2.75) is 0 Å². The number of hydrogen-bond acceptors (Lipinski definition) is 11. The summed E-state index contributed by atoms with van der Waals surface area (Å²) in [6.07, 6.45) is 4.61. The van der Waals surface area contributed by atoms with Gasteiger partial charge < -0.3 is 8.92 Å². The Bertz CT molecular complexity index is 953. The van der Waals surface area contributed by atoms with Crippen molar-refractivity contribution >= 4 is 33.9 Å². The zero-order chi connectivity index (χ0) is 20.5. The summed E-state index contributed by atoms with van der Waals surface area (Å²) in [6.45, 7) is 0.787. The van der Waals surface area contributed by atoms with Gasteiger partial charge in [0.1, 0.15) is 19.3 Å². The topological polar surface area (TPSA) is 134 Å². The van der Waals surface area contributed by atoms with Gasteiger partial charge in [0.25, 0.3) is 12.3 Å². The highest BCUT2D eigenvalue weighted by atomic mass is 79.9. The third-order valence-electron chi connectivity index (χ3n) is 3.52. The molecule has 11 nitrogen and oxygen atoms in total. The summed E-state index contributed by atoms with van der Waals surface area (Å²) >= 11 is 3.91. The molecule has 0 unspecified atom stereocenters. The standard InChI is InChI=1S/C16H14BrN7O4S/c17-14-7-16(20-9-15(14)26-29-28-27-19)25-6-5-24(23-10-21-22-11-23)13-3-1-12(8-18)2-4-13/h1-4,7,9-11H,5-6,19H2. The molecule has 0 atom stereocenters. The first-order chi connectivity index (χ1) is 14.2. The number of halogens is 1. The van der Waals surface area contributed by atoms with Gasteiger partial charge >= 0.3 is 0 Å². The van der Waals surface area contributed by atoms with E-state index in [0.717, 1.165) is 5.69 Å². The van der Waals surface area contributed by atoms with Gasteiger partial charge in [0, 0.05) is 6.07 Å². The lowest BCUT2D eigenvalue weighted by Crippen LogP contribution is -2.32. The second-order valence-corrected chi connectivity index (χ2v) is 6.53. The van der Waals surface area contributed by atoms with Crippen LogP contribution < -0.4 is 19.8 Å². The van der Waals surface area contributed by atoms with Crippen molar-refractivity contribution < 1.29 is 18.2 Å². The quantitative estimate of drug-likeness (QED) is 0.198. The maximum absolute atomic E-state index is 8.97. The van der Waals surface area contributed by atoms with Gasteiger partial charge in [-0.05, 0) is 40.2 Å². The Morgan fingerprint density at radius 2 is 2.00 bits per heavy atom. The van der Waals surface area contributed by atoms with E-state index in [-0.39, 0.29) is 0 Å².